The molecular weight excluding hydrogens is 218 g/mol. The standard InChI is InChI=1S/C8H15N3O3S/c12-8-3-5-11(6-4-9-8)15(13,14)10-7-1-2-7/h7,10H,1-6H2,(H,9,12). The van der Waals surface area contributed by atoms with E-state index in [2.05, 4.69) is 10.0 Å². The van der Waals surface area contributed by atoms with Crippen molar-refractivity contribution in [2.24, 2.45) is 0 Å². The minimum atomic E-state index is -3.38. The Morgan fingerprint density at radius 2 is 2.07 bits per heavy atom. The molecule has 1 saturated heterocycles. The van der Waals surface area contributed by atoms with Gasteiger partial charge in [0.25, 0.3) is 10.2 Å². The zero-order chi connectivity index (χ0) is 10.9. The van der Waals surface area contributed by atoms with Gasteiger partial charge in [0.15, 0.2) is 0 Å². The number of hydrogen-bond acceptors (Lipinski definition) is 3. The van der Waals surface area contributed by atoms with E-state index in [0.29, 0.717) is 13.1 Å². The molecule has 2 rings (SSSR count). The fourth-order valence-corrected chi connectivity index (χ4v) is 2.94. The number of rotatable bonds is 3. The first-order valence-electron chi connectivity index (χ1n) is 5.12. The summed E-state index contributed by atoms with van der Waals surface area (Å²) >= 11 is 0. The number of hydrogen-bond donors (Lipinski definition) is 2. The molecule has 1 aliphatic carbocycles. The third kappa shape index (κ3) is 2.90. The average Bonchev–Trinajstić information content (AvgIpc) is 2.92. The van der Waals surface area contributed by atoms with Gasteiger partial charge >= 0.3 is 0 Å². The lowest BCUT2D eigenvalue weighted by Gasteiger charge is -2.19. The number of carbonyl (C=O) groups is 1. The number of amides is 1. The maximum Gasteiger partial charge on any atom is 0.279 e. The highest BCUT2D eigenvalue weighted by Crippen LogP contribution is 2.20. The van der Waals surface area contributed by atoms with Crippen molar-refractivity contribution in [1.82, 2.24) is 14.3 Å². The fourth-order valence-electron chi connectivity index (χ4n) is 1.47. The first kappa shape index (κ1) is 10.8. The van der Waals surface area contributed by atoms with Gasteiger partial charge in [-0.25, -0.2) is 0 Å². The van der Waals surface area contributed by atoms with E-state index in [4.69, 9.17) is 0 Å². The predicted octanol–water partition coefficient (Wildman–Crippen LogP) is -1.19. The van der Waals surface area contributed by atoms with Crippen LogP contribution in [0.4, 0.5) is 0 Å². The zero-order valence-corrected chi connectivity index (χ0v) is 9.22. The van der Waals surface area contributed by atoms with Gasteiger partial charge in [0, 0.05) is 32.1 Å². The van der Waals surface area contributed by atoms with Crippen LogP contribution in [0.15, 0.2) is 0 Å². The van der Waals surface area contributed by atoms with Crippen molar-refractivity contribution >= 4 is 16.1 Å². The second kappa shape index (κ2) is 4.07. The number of carbonyl (C=O) groups excluding carboxylic acids is 1. The first-order valence-corrected chi connectivity index (χ1v) is 6.56. The molecule has 0 aromatic heterocycles. The van der Waals surface area contributed by atoms with Crippen LogP contribution in [0.1, 0.15) is 19.3 Å². The van der Waals surface area contributed by atoms with Crippen LogP contribution in [-0.4, -0.2) is 44.3 Å². The molecule has 86 valence electrons. The highest BCUT2D eigenvalue weighted by molar-refractivity contribution is 7.87. The quantitative estimate of drug-likeness (QED) is 0.643. The highest BCUT2D eigenvalue weighted by atomic mass is 32.2. The molecule has 2 N–H and O–H groups in total. The van der Waals surface area contributed by atoms with Gasteiger partial charge in [0.05, 0.1) is 0 Å². The van der Waals surface area contributed by atoms with Crippen LogP contribution >= 0.6 is 0 Å². The average molecular weight is 233 g/mol. The molecule has 0 radical (unpaired) electrons. The summed E-state index contributed by atoms with van der Waals surface area (Å²) in [6.45, 7) is 1.02. The minimum absolute atomic E-state index is 0.0841. The molecule has 0 aromatic rings. The van der Waals surface area contributed by atoms with E-state index in [1.807, 2.05) is 0 Å². The summed E-state index contributed by atoms with van der Waals surface area (Å²) in [7, 11) is -3.38. The SMILES string of the molecule is O=C1CCN(S(=O)(=O)NC2CC2)CCN1. The molecule has 6 nitrogen and oxygen atoms in total. The van der Waals surface area contributed by atoms with E-state index in [1.165, 1.54) is 4.31 Å². The summed E-state index contributed by atoms with van der Waals surface area (Å²) in [6, 6.07) is 0.113. The Kier molecular flexibility index (Phi) is 2.94. The van der Waals surface area contributed by atoms with Gasteiger partial charge in [-0.05, 0) is 12.8 Å². The molecule has 0 spiro atoms. The van der Waals surface area contributed by atoms with E-state index >= 15 is 0 Å². The van der Waals surface area contributed by atoms with Crippen LogP contribution in [0.2, 0.25) is 0 Å². The minimum Gasteiger partial charge on any atom is -0.355 e. The summed E-state index contributed by atoms with van der Waals surface area (Å²) in [4.78, 5) is 11.0. The van der Waals surface area contributed by atoms with Crippen molar-refractivity contribution in [1.29, 1.82) is 0 Å². The molecule has 15 heavy (non-hydrogen) atoms. The molecule has 0 aromatic carbocycles. The molecular formula is C8H15N3O3S. The van der Waals surface area contributed by atoms with Gasteiger partial charge in [-0.3, -0.25) is 4.79 Å². The van der Waals surface area contributed by atoms with Crippen molar-refractivity contribution < 1.29 is 13.2 Å². The Labute approximate surface area is 89.2 Å². The molecule has 1 amide bonds. The summed E-state index contributed by atoms with van der Waals surface area (Å²) < 4.78 is 27.5. The molecule has 2 fully saturated rings. The van der Waals surface area contributed by atoms with E-state index in [9.17, 15) is 13.2 Å². The van der Waals surface area contributed by atoms with Crippen molar-refractivity contribution in [3.8, 4) is 0 Å². The molecule has 1 aliphatic heterocycles. The number of nitrogens with one attached hydrogen (secondary N) is 2. The van der Waals surface area contributed by atoms with Gasteiger partial charge in [-0.2, -0.15) is 17.4 Å². The third-order valence-electron chi connectivity index (χ3n) is 2.50. The molecule has 0 atom stereocenters. The van der Waals surface area contributed by atoms with Crippen molar-refractivity contribution in [2.45, 2.75) is 25.3 Å². The van der Waals surface area contributed by atoms with Crippen molar-refractivity contribution in [3.63, 3.8) is 0 Å². The smallest absolute Gasteiger partial charge is 0.279 e. The van der Waals surface area contributed by atoms with Crippen LogP contribution in [0.25, 0.3) is 0 Å². The Bertz CT molecular complexity index is 350. The molecule has 1 heterocycles. The Morgan fingerprint density at radius 3 is 2.73 bits per heavy atom. The largest absolute Gasteiger partial charge is 0.355 e. The Balaban J connectivity index is 1.98. The van der Waals surface area contributed by atoms with E-state index in [-0.39, 0.29) is 24.9 Å². The third-order valence-corrected chi connectivity index (χ3v) is 4.18. The monoisotopic (exact) mass is 233 g/mol. The van der Waals surface area contributed by atoms with E-state index < -0.39 is 10.2 Å². The van der Waals surface area contributed by atoms with E-state index in [0.717, 1.165) is 12.8 Å². The normalized spacial score (nSPS) is 24.7. The summed E-state index contributed by atoms with van der Waals surface area (Å²) in [5.74, 6) is -0.0841. The summed E-state index contributed by atoms with van der Waals surface area (Å²) in [5, 5.41) is 2.64. The topological polar surface area (TPSA) is 78.5 Å². The maximum atomic E-state index is 11.8. The second-order valence-electron chi connectivity index (χ2n) is 3.90. The van der Waals surface area contributed by atoms with Crippen LogP contribution < -0.4 is 10.0 Å². The second-order valence-corrected chi connectivity index (χ2v) is 5.60. The lowest BCUT2D eigenvalue weighted by molar-refractivity contribution is -0.120. The van der Waals surface area contributed by atoms with Gasteiger partial charge in [-0.1, -0.05) is 0 Å². The highest BCUT2D eigenvalue weighted by Gasteiger charge is 2.31. The summed E-state index contributed by atoms with van der Waals surface area (Å²) in [6.07, 6.45) is 2.08. The first-order chi connectivity index (χ1) is 7.08. The van der Waals surface area contributed by atoms with Gasteiger partial charge in [0.2, 0.25) is 5.91 Å². The lowest BCUT2D eigenvalue weighted by atomic mass is 10.4. The molecule has 0 bridgehead atoms. The molecule has 0 unspecified atom stereocenters. The van der Waals surface area contributed by atoms with Gasteiger partial charge in [-0.15, -0.1) is 0 Å². The van der Waals surface area contributed by atoms with Crippen LogP contribution in [0.5, 0.6) is 0 Å². The van der Waals surface area contributed by atoms with E-state index in [1.54, 1.807) is 0 Å². The van der Waals surface area contributed by atoms with Crippen LogP contribution in [-0.2, 0) is 15.0 Å². The zero-order valence-electron chi connectivity index (χ0n) is 8.40. The van der Waals surface area contributed by atoms with Crippen molar-refractivity contribution in [3.05, 3.63) is 0 Å². The van der Waals surface area contributed by atoms with Crippen molar-refractivity contribution in [2.75, 3.05) is 19.6 Å². The Hall–Kier alpha value is -0.660. The molecule has 1 saturated carbocycles. The lowest BCUT2D eigenvalue weighted by Crippen LogP contribution is -2.43. The van der Waals surface area contributed by atoms with Gasteiger partial charge in [0.1, 0.15) is 0 Å². The summed E-state index contributed by atoms with van der Waals surface area (Å²) in [5.41, 5.74) is 0. The number of nitrogens with zero attached hydrogens (tertiary/aromatic N) is 1. The van der Waals surface area contributed by atoms with Crippen LogP contribution in [0.3, 0.4) is 0 Å². The van der Waals surface area contributed by atoms with Gasteiger partial charge < -0.3 is 5.32 Å². The molecule has 2 aliphatic rings. The fraction of sp³-hybridized carbons (Fsp3) is 0.875. The maximum absolute atomic E-state index is 11.8. The van der Waals surface area contributed by atoms with Crippen LogP contribution in [0, 0.1) is 0 Å². The molecule has 7 heteroatoms. The predicted molar refractivity (Wildman–Crippen MR) is 54.3 cm³/mol. The Morgan fingerprint density at radius 1 is 1.33 bits per heavy atom.